The Balaban J connectivity index is 1.55. The molecule has 1 heterocycles. The number of nitrogens with zero attached hydrogens (tertiary/aromatic N) is 2. The maximum atomic E-state index is 6.17. The van der Waals surface area contributed by atoms with Gasteiger partial charge in [0.05, 0.1) is 6.61 Å². The molecule has 1 saturated heterocycles. The van der Waals surface area contributed by atoms with Gasteiger partial charge in [-0.3, -0.25) is 4.99 Å². The van der Waals surface area contributed by atoms with Crippen LogP contribution in [0.25, 0.3) is 0 Å². The number of likely N-dealkylation sites (tertiary alicyclic amines) is 1. The first-order valence-electron chi connectivity index (χ1n) is 8.96. The van der Waals surface area contributed by atoms with Gasteiger partial charge in [0.25, 0.3) is 0 Å². The van der Waals surface area contributed by atoms with E-state index in [-0.39, 0.29) is 5.41 Å². The van der Waals surface area contributed by atoms with Crippen molar-refractivity contribution in [2.75, 3.05) is 39.9 Å². The van der Waals surface area contributed by atoms with Crippen molar-refractivity contribution < 1.29 is 4.74 Å². The first-order chi connectivity index (χ1) is 11.7. The third-order valence-electron chi connectivity index (χ3n) is 5.23. The van der Waals surface area contributed by atoms with Crippen molar-refractivity contribution in [1.82, 2.24) is 10.2 Å². The van der Waals surface area contributed by atoms with Crippen LogP contribution >= 0.6 is 11.6 Å². The summed E-state index contributed by atoms with van der Waals surface area (Å²) in [4.78, 5) is 6.85. The predicted molar refractivity (Wildman–Crippen MR) is 99.9 cm³/mol. The topological polar surface area (TPSA) is 36.9 Å². The van der Waals surface area contributed by atoms with E-state index in [4.69, 9.17) is 16.3 Å². The Bertz CT molecular complexity index is 586. The molecule has 4 nitrogen and oxygen atoms in total. The second-order valence-electron chi connectivity index (χ2n) is 6.95. The summed E-state index contributed by atoms with van der Waals surface area (Å²) >= 11 is 6.17. The summed E-state index contributed by atoms with van der Waals surface area (Å²) in [5, 5.41) is 4.42. The quantitative estimate of drug-likeness (QED) is 0.632. The van der Waals surface area contributed by atoms with E-state index in [1.807, 2.05) is 19.2 Å². The van der Waals surface area contributed by atoms with Crippen molar-refractivity contribution in [2.24, 2.45) is 10.9 Å². The number of aliphatic imine (C=N–C) groups is 1. The van der Waals surface area contributed by atoms with E-state index in [0.29, 0.717) is 5.92 Å². The van der Waals surface area contributed by atoms with Crippen LogP contribution in [0.1, 0.15) is 31.7 Å². The molecule has 5 heteroatoms. The van der Waals surface area contributed by atoms with Gasteiger partial charge in [-0.25, -0.2) is 0 Å². The Kier molecular flexibility index (Phi) is 5.67. The van der Waals surface area contributed by atoms with Crippen LogP contribution in [0.3, 0.4) is 0 Å². The van der Waals surface area contributed by atoms with Gasteiger partial charge < -0.3 is 15.0 Å². The Hall–Kier alpha value is -1.26. The summed E-state index contributed by atoms with van der Waals surface area (Å²) in [7, 11) is 1.87. The number of benzene rings is 1. The minimum absolute atomic E-state index is 0.227. The van der Waals surface area contributed by atoms with Gasteiger partial charge in [0.1, 0.15) is 0 Å². The second-order valence-corrected chi connectivity index (χ2v) is 7.39. The van der Waals surface area contributed by atoms with Crippen LogP contribution in [0.5, 0.6) is 0 Å². The summed E-state index contributed by atoms with van der Waals surface area (Å²) in [5.74, 6) is 1.63. The zero-order chi connectivity index (χ0) is 17.0. The van der Waals surface area contributed by atoms with Gasteiger partial charge in [0.15, 0.2) is 5.96 Å². The molecule has 24 heavy (non-hydrogen) atoms. The van der Waals surface area contributed by atoms with Gasteiger partial charge in [-0.1, -0.05) is 23.7 Å². The first-order valence-corrected chi connectivity index (χ1v) is 9.34. The van der Waals surface area contributed by atoms with Crippen LogP contribution in [0.15, 0.2) is 29.3 Å². The second kappa shape index (κ2) is 7.75. The number of nitrogens with one attached hydrogen (secondary N) is 1. The molecule has 1 aromatic carbocycles. The fraction of sp³-hybridized carbons (Fsp3) is 0.632. The van der Waals surface area contributed by atoms with Crippen molar-refractivity contribution in [1.29, 1.82) is 0 Å². The molecule has 0 aromatic heterocycles. The summed E-state index contributed by atoms with van der Waals surface area (Å²) in [5.41, 5.74) is 1.57. The Morgan fingerprint density at radius 2 is 2.29 bits per heavy atom. The Morgan fingerprint density at radius 1 is 1.46 bits per heavy atom. The van der Waals surface area contributed by atoms with Crippen LogP contribution < -0.4 is 5.32 Å². The summed E-state index contributed by atoms with van der Waals surface area (Å²) < 4.78 is 5.57. The molecule has 1 N–H and O–H groups in total. The minimum atomic E-state index is 0.227. The SMILES string of the molecule is CCOCC1CCN(C(=NC)NCC2(c3cccc(Cl)c3)CC2)C1. The maximum Gasteiger partial charge on any atom is 0.193 e. The first kappa shape index (κ1) is 17.6. The lowest BCUT2D eigenvalue weighted by molar-refractivity contribution is 0.114. The van der Waals surface area contributed by atoms with Crippen molar-refractivity contribution in [2.45, 2.75) is 31.6 Å². The highest BCUT2D eigenvalue weighted by atomic mass is 35.5. The predicted octanol–water partition coefficient (Wildman–Crippen LogP) is 3.31. The standard InChI is InChI=1S/C19H28ClN3O/c1-3-24-13-15-7-10-23(12-15)18(21-2)22-14-19(8-9-19)16-5-4-6-17(20)11-16/h4-6,11,15H,3,7-10,12-14H2,1-2H3,(H,21,22). The van der Waals surface area contributed by atoms with Crippen molar-refractivity contribution >= 4 is 17.6 Å². The molecule has 1 atom stereocenters. The highest BCUT2D eigenvalue weighted by Crippen LogP contribution is 2.48. The lowest BCUT2D eigenvalue weighted by atomic mass is 9.96. The molecule has 132 valence electrons. The van der Waals surface area contributed by atoms with Crippen LogP contribution in [-0.2, 0) is 10.2 Å². The lowest BCUT2D eigenvalue weighted by Gasteiger charge is -2.25. The van der Waals surface area contributed by atoms with Gasteiger partial charge >= 0.3 is 0 Å². The van der Waals surface area contributed by atoms with E-state index in [1.165, 1.54) is 24.8 Å². The fourth-order valence-corrected chi connectivity index (χ4v) is 3.75. The molecule has 0 radical (unpaired) electrons. The molecular weight excluding hydrogens is 322 g/mol. The van der Waals surface area contributed by atoms with Crippen LogP contribution in [-0.4, -0.2) is 50.8 Å². The summed E-state index contributed by atoms with van der Waals surface area (Å²) in [6.45, 7) is 6.72. The Labute approximate surface area is 150 Å². The van der Waals surface area contributed by atoms with E-state index in [0.717, 1.165) is 43.8 Å². The molecular formula is C19H28ClN3O. The third-order valence-corrected chi connectivity index (χ3v) is 5.47. The molecule has 1 aliphatic carbocycles. The van der Waals surface area contributed by atoms with Crippen LogP contribution in [0, 0.1) is 5.92 Å². The molecule has 2 aliphatic rings. The number of ether oxygens (including phenoxy) is 1. The zero-order valence-corrected chi connectivity index (χ0v) is 15.5. The van der Waals surface area contributed by atoms with Gasteiger partial charge in [-0.15, -0.1) is 0 Å². The molecule has 2 fully saturated rings. The molecule has 1 saturated carbocycles. The molecule has 0 bridgehead atoms. The van der Waals surface area contributed by atoms with Gasteiger partial charge in [0.2, 0.25) is 0 Å². The van der Waals surface area contributed by atoms with E-state index < -0.39 is 0 Å². The number of hydrogen-bond acceptors (Lipinski definition) is 2. The van der Waals surface area contributed by atoms with Crippen molar-refractivity contribution in [3.63, 3.8) is 0 Å². The van der Waals surface area contributed by atoms with E-state index >= 15 is 0 Å². The summed E-state index contributed by atoms with van der Waals surface area (Å²) in [6, 6.07) is 8.28. The van der Waals surface area contributed by atoms with Crippen LogP contribution in [0.4, 0.5) is 0 Å². The maximum absolute atomic E-state index is 6.17. The van der Waals surface area contributed by atoms with E-state index in [9.17, 15) is 0 Å². The number of halogens is 1. The Morgan fingerprint density at radius 3 is 2.96 bits per heavy atom. The van der Waals surface area contributed by atoms with E-state index in [2.05, 4.69) is 34.3 Å². The third kappa shape index (κ3) is 4.04. The molecule has 1 unspecified atom stereocenters. The van der Waals surface area contributed by atoms with E-state index in [1.54, 1.807) is 0 Å². The molecule has 0 amide bonds. The normalized spacial score (nSPS) is 22.7. The number of guanidine groups is 1. The fourth-order valence-electron chi connectivity index (χ4n) is 3.56. The average Bonchev–Trinajstić information content (AvgIpc) is 3.24. The smallest absolute Gasteiger partial charge is 0.193 e. The minimum Gasteiger partial charge on any atom is -0.381 e. The van der Waals surface area contributed by atoms with Crippen molar-refractivity contribution in [3.05, 3.63) is 34.9 Å². The van der Waals surface area contributed by atoms with Gasteiger partial charge in [0, 0.05) is 49.6 Å². The molecule has 1 aromatic rings. The average molecular weight is 350 g/mol. The number of hydrogen-bond donors (Lipinski definition) is 1. The van der Waals surface area contributed by atoms with Crippen LogP contribution in [0.2, 0.25) is 5.02 Å². The van der Waals surface area contributed by atoms with Gasteiger partial charge in [-0.05, 0) is 43.9 Å². The monoisotopic (exact) mass is 349 g/mol. The highest BCUT2D eigenvalue weighted by Gasteiger charge is 2.44. The largest absolute Gasteiger partial charge is 0.381 e. The van der Waals surface area contributed by atoms with Crippen molar-refractivity contribution in [3.8, 4) is 0 Å². The molecule has 3 rings (SSSR count). The zero-order valence-electron chi connectivity index (χ0n) is 14.7. The molecule has 1 aliphatic heterocycles. The summed E-state index contributed by atoms with van der Waals surface area (Å²) in [6.07, 6.45) is 3.61. The lowest BCUT2D eigenvalue weighted by Crippen LogP contribution is -2.43. The number of rotatable bonds is 6. The molecule has 0 spiro atoms. The van der Waals surface area contributed by atoms with Gasteiger partial charge in [-0.2, -0.15) is 0 Å². The highest BCUT2D eigenvalue weighted by molar-refractivity contribution is 6.30.